The Morgan fingerprint density at radius 1 is 1.14 bits per heavy atom. The number of rotatable bonds is 0. The van der Waals surface area contributed by atoms with Crippen LogP contribution in [0.1, 0.15) is 5.56 Å². The Bertz CT molecular complexity index is 485. The lowest BCUT2D eigenvalue weighted by Gasteiger charge is -1.86. The third kappa shape index (κ3) is 2.12. The number of fused-ring (bicyclic) bond motifs is 1. The fourth-order valence-corrected chi connectivity index (χ4v) is 1.22. The maximum atomic E-state index is 7.26. The number of hydrogen-bond acceptors (Lipinski definition) is 2. The molecule has 0 aliphatic rings. The standard InChI is InChI=1S/C9H9N.C2N2/c1-7-6-10-9-5-3-2-4-8(7)9;3-1-2-4/h2-6,10H,1H3;. The fourth-order valence-electron chi connectivity index (χ4n) is 1.22. The van der Waals surface area contributed by atoms with Crippen LogP contribution in [0.4, 0.5) is 0 Å². The summed E-state index contributed by atoms with van der Waals surface area (Å²) >= 11 is 0. The molecule has 0 unspecified atom stereocenters. The molecule has 1 aromatic heterocycles. The van der Waals surface area contributed by atoms with Gasteiger partial charge < -0.3 is 4.98 Å². The fraction of sp³-hybridized carbons (Fsp3) is 0.0909. The van der Waals surface area contributed by atoms with Crippen LogP contribution in [-0.4, -0.2) is 4.98 Å². The number of H-pyrrole nitrogens is 1. The lowest BCUT2D eigenvalue weighted by atomic mass is 10.2. The van der Waals surface area contributed by atoms with Crippen LogP contribution in [0.25, 0.3) is 10.9 Å². The predicted molar refractivity (Wildman–Crippen MR) is 54.3 cm³/mol. The van der Waals surface area contributed by atoms with Crippen molar-refractivity contribution in [2.75, 3.05) is 0 Å². The molecular weight excluding hydrogens is 174 g/mol. The average Bonchev–Trinajstić information content (AvgIpc) is 2.62. The van der Waals surface area contributed by atoms with Crippen molar-refractivity contribution in [3.63, 3.8) is 0 Å². The summed E-state index contributed by atoms with van der Waals surface area (Å²) in [6.07, 6.45) is 2.03. The summed E-state index contributed by atoms with van der Waals surface area (Å²) in [5.74, 6) is 0. The smallest absolute Gasteiger partial charge is 0.181 e. The summed E-state index contributed by atoms with van der Waals surface area (Å²) in [6.45, 7) is 2.11. The summed E-state index contributed by atoms with van der Waals surface area (Å²) in [6, 6.07) is 10.8. The third-order valence-corrected chi connectivity index (χ3v) is 1.85. The molecule has 0 amide bonds. The van der Waals surface area contributed by atoms with E-state index in [2.05, 4.69) is 30.1 Å². The van der Waals surface area contributed by atoms with Crippen molar-refractivity contribution in [1.82, 2.24) is 4.98 Å². The first kappa shape index (κ1) is 9.83. The highest BCUT2D eigenvalue weighted by Gasteiger charge is 1.94. The number of benzene rings is 1. The summed E-state index contributed by atoms with van der Waals surface area (Å²) in [5.41, 5.74) is 2.54. The number of aromatic nitrogens is 1. The molecule has 2 aromatic rings. The van der Waals surface area contributed by atoms with Crippen LogP contribution in [0.3, 0.4) is 0 Å². The first-order valence-corrected chi connectivity index (χ1v) is 4.10. The zero-order valence-electron chi connectivity index (χ0n) is 7.78. The van der Waals surface area contributed by atoms with Crippen molar-refractivity contribution < 1.29 is 0 Å². The molecule has 1 aromatic carbocycles. The Balaban J connectivity index is 0.000000213. The van der Waals surface area contributed by atoms with Crippen molar-refractivity contribution in [2.24, 2.45) is 0 Å². The molecular formula is C11H9N3. The van der Waals surface area contributed by atoms with E-state index in [0.29, 0.717) is 0 Å². The van der Waals surface area contributed by atoms with Gasteiger partial charge in [0.15, 0.2) is 12.1 Å². The van der Waals surface area contributed by atoms with Crippen molar-refractivity contribution >= 4 is 10.9 Å². The molecule has 0 radical (unpaired) electrons. The summed E-state index contributed by atoms with van der Waals surface area (Å²) in [4.78, 5) is 3.19. The summed E-state index contributed by atoms with van der Waals surface area (Å²) < 4.78 is 0. The van der Waals surface area contributed by atoms with Gasteiger partial charge in [0.2, 0.25) is 0 Å². The van der Waals surface area contributed by atoms with Gasteiger partial charge in [0, 0.05) is 17.1 Å². The molecule has 0 fully saturated rings. The molecule has 3 nitrogen and oxygen atoms in total. The van der Waals surface area contributed by atoms with Crippen LogP contribution >= 0.6 is 0 Å². The zero-order chi connectivity index (χ0) is 10.4. The first-order valence-electron chi connectivity index (χ1n) is 4.10. The van der Waals surface area contributed by atoms with Crippen LogP contribution in [0.5, 0.6) is 0 Å². The van der Waals surface area contributed by atoms with Gasteiger partial charge in [0.05, 0.1) is 0 Å². The topological polar surface area (TPSA) is 63.4 Å². The van der Waals surface area contributed by atoms with Crippen LogP contribution in [-0.2, 0) is 0 Å². The molecule has 0 spiro atoms. The molecule has 2 rings (SSSR count). The van der Waals surface area contributed by atoms with Gasteiger partial charge >= 0.3 is 0 Å². The molecule has 1 heterocycles. The van der Waals surface area contributed by atoms with Gasteiger partial charge in [-0.05, 0) is 18.6 Å². The Kier molecular flexibility index (Phi) is 3.29. The number of hydrogen-bond donors (Lipinski definition) is 1. The molecule has 3 heteroatoms. The minimum absolute atomic E-state index is 1.22. The van der Waals surface area contributed by atoms with Crippen LogP contribution < -0.4 is 0 Å². The molecule has 0 saturated carbocycles. The lowest BCUT2D eigenvalue weighted by molar-refractivity contribution is 1.43. The van der Waals surface area contributed by atoms with Crippen LogP contribution in [0.2, 0.25) is 0 Å². The van der Waals surface area contributed by atoms with Gasteiger partial charge in [-0.1, -0.05) is 18.2 Å². The second kappa shape index (κ2) is 4.69. The number of nitrogens with one attached hydrogen (secondary N) is 1. The van der Waals surface area contributed by atoms with Gasteiger partial charge in [-0.2, -0.15) is 10.5 Å². The minimum atomic E-state index is 1.22. The Morgan fingerprint density at radius 2 is 1.79 bits per heavy atom. The number of aromatic amines is 1. The first-order chi connectivity index (χ1) is 6.79. The SMILES string of the molecule is Cc1c[nH]c2ccccc12.N#CC#N. The number of para-hydroxylation sites is 1. The van der Waals surface area contributed by atoms with E-state index in [1.807, 2.05) is 12.3 Å². The Labute approximate surface area is 82.2 Å². The van der Waals surface area contributed by atoms with Gasteiger partial charge in [-0.3, -0.25) is 0 Å². The van der Waals surface area contributed by atoms with E-state index in [9.17, 15) is 0 Å². The highest BCUT2D eigenvalue weighted by molar-refractivity contribution is 5.82. The van der Waals surface area contributed by atoms with Gasteiger partial charge in [0.1, 0.15) is 0 Å². The third-order valence-electron chi connectivity index (χ3n) is 1.85. The second-order valence-electron chi connectivity index (χ2n) is 2.74. The molecule has 0 bridgehead atoms. The van der Waals surface area contributed by atoms with Crippen molar-refractivity contribution in [3.8, 4) is 12.1 Å². The predicted octanol–water partition coefficient (Wildman–Crippen LogP) is 2.51. The van der Waals surface area contributed by atoms with E-state index in [1.165, 1.54) is 28.6 Å². The Morgan fingerprint density at radius 3 is 2.36 bits per heavy atom. The second-order valence-corrected chi connectivity index (χ2v) is 2.74. The minimum Gasteiger partial charge on any atom is -0.361 e. The van der Waals surface area contributed by atoms with Crippen molar-refractivity contribution in [3.05, 3.63) is 36.0 Å². The number of nitriles is 2. The maximum Gasteiger partial charge on any atom is 0.181 e. The van der Waals surface area contributed by atoms with Gasteiger partial charge in [-0.25, -0.2) is 0 Å². The van der Waals surface area contributed by atoms with E-state index in [4.69, 9.17) is 10.5 Å². The number of nitrogens with zero attached hydrogens (tertiary/aromatic N) is 2. The van der Waals surface area contributed by atoms with Crippen molar-refractivity contribution in [1.29, 1.82) is 10.5 Å². The van der Waals surface area contributed by atoms with Gasteiger partial charge in [0.25, 0.3) is 0 Å². The van der Waals surface area contributed by atoms with Crippen LogP contribution in [0, 0.1) is 29.6 Å². The quantitative estimate of drug-likeness (QED) is 0.682. The van der Waals surface area contributed by atoms with E-state index < -0.39 is 0 Å². The summed E-state index contributed by atoms with van der Waals surface area (Å²) in [5, 5.41) is 15.8. The molecule has 0 aliphatic carbocycles. The highest BCUT2D eigenvalue weighted by Crippen LogP contribution is 2.15. The average molecular weight is 183 g/mol. The summed E-state index contributed by atoms with van der Waals surface area (Å²) in [7, 11) is 0. The monoisotopic (exact) mass is 183 g/mol. The largest absolute Gasteiger partial charge is 0.361 e. The molecule has 0 aliphatic heterocycles. The number of aryl methyl sites for hydroxylation is 1. The zero-order valence-corrected chi connectivity index (χ0v) is 7.78. The van der Waals surface area contributed by atoms with Crippen LogP contribution in [0.15, 0.2) is 30.5 Å². The molecule has 14 heavy (non-hydrogen) atoms. The lowest BCUT2D eigenvalue weighted by Crippen LogP contribution is -1.64. The Hall–Kier alpha value is -2.26. The van der Waals surface area contributed by atoms with Crippen molar-refractivity contribution in [2.45, 2.75) is 6.92 Å². The van der Waals surface area contributed by atoms with E-state index in [-0.39, 0.29) is 0 Å². The highest BCUT2D eigenvalue weighted by atomic mass is 14.7. The van der Waals surface area contributed by atoms with E-state index >= 15 is 0 Å². The van der Waals surface area contributed by atoms with Gasteiger partial charge in [-0.15, -0.1) is 0 Å². The molecule has 1 N–H and O–H groups in total. The van der Waals surface area contributed by atoms with E-state index in [1.54, 1.807) is 0 Å². The van der Waals surface area contributed by atoms with E-state index in [0.717, 1.165) is 0 Å². The molecule has 0 saturated heterocycles. The normalized spacial score (nSPS) is 8.21. The molecule has 68 valence electrons. The molecule has 0 atom stereocenters. The maximum absolute atomic E-state index is 7.26.